The van der Waals surface area contributed by atoms with Gasteiger partial charge in [0.15, 0.2) is 0 Å². The van der Waals surface area contributed by atoms with Gasteiger partial charge < -0.3 is 21.1 Å². The van der Waals surface area contributed by atoms with Crippen LogP contribution in [0.15, 0.2) is 36.5 Å². The number of cyclic esters (lactones) is 1. The van der Waals surface area contributed by atoms with Gasteiger partial charge >= 0.3 is 6.09 Å². The quantitative estimate of drug-likeness (QED) is 0.669. The van der Waals surface area contributed by atoms with Crippen LogP contribution in [0.5, 0.6) is 0 Å². The number of nitrogens with one attached hydrogen (secondary N) is 2. The summed E-state index contributed by atoms with van der Waals surface area (Å²) in [6.07, 6.45) is 0.321. The van der Waals surface area contributed by atoms with Crippen molar-refractivity contribution in [2.75, 3.05) is 29.9 Å². The third kappa shape index (κ3) is 4.85. The zero-order valence-electron chi connectivity index (χ0n) is 15.6. The second-order valence-corrected chi connectivity index (χ2v) is 6.40. The van der Waals surface area contributed by atoms with E-state index in [0.29, 0.717) is 22.6 Å². The summed E-state index contributed by atoms with van der Waals surface area (Å²) in [6.45, 7) is 1.60. The van der Waals surface area contributed by atoms with Crippen LogP contribution in [0.1, 0.15) is 6.92 Å². The lowest BCUT2D eigenvalue weighted by molar-refractivity contribution is -0.119. The minimum Gasteiger partial charge on any atom is -0.442 e. The monoisotopic (exact) mass is 401 g/mol. The fourth-order valence-electron chi connectivity index (χ4n) is 2.82. The standard InChI is InChI=1S/C19H20FN5O4/c1-11(26)22-9-14-10-25(19(28)29-14)13-3-4-15(16(20)6-13)12-2-5-17(23-8-12)24-18(27)7-21/h2-6,8,14H,7,9-10,21H2,1H3,(H,22,26)(H,23,24,27)/t14-/m0/s1. The van der Waals surface area contributed by atoms with Crippen LogP contribution in [0, 0.1) is 5.82 Å². The number of ether oxygens (including phenoxy) is 1. The van der Waals surface area contributed by atoms with Crippen LogP contribution < -0.4 is 21.3 Å². The maximum Gasteiger partial charge on any atom is 0.414 e. The van der Waals surface area contributed by atoms with Crippen LogP contribution in [-0.4, -0.2) is 48.6 Å². The SMILES string of the molecule is CC(=O)NC[C@H]1CN(c2ccc(-c3ccc(NC(=O)CN)nc3)c(F)c2)C(=O)O1. The number of hydrogen-bond donors (Lipinski definition) is 3. The summed E-state index contributed by atoms with van der Waals surface area (Å²) in [6, 6.07) is 7.53. The van der Waals surface area contributed by atoms with Crippen molar-refractivity contribution in [1.82, 2.24) is 10.3 Å². The first-order valence-electron chi connectivity index (χ1n) is 8.86. The number of amides is 3. The number of nitrogens with zero attached hydrogens (tertiary/aromatic N) is 2. The molecule has 9 nitrogen and oxygen atoms in total. The van der Waals surface area contributed by atoms with Gasteiger partial charge in [-0.3, -0.25) is 14.5 Å². The van der Waals surface area contributed by atoms with Gasteiger partial charge in [-0.25, -0.2) is 14.2 Å². The Bertz CT molecular complexity index is 935. The van der Waals surface area contributed by atoms with E-state index in [1.807, 2.05) is 0 Å². The van der Waals surface area contributed by atoms with Crippen molar-refractivity contribution in [3.8, 4) is 11.1 Å². The number of aromatic nitrogens is 1. The van der Waals surface area contributed by atoms with Gasteiger partial charge in [0.1, 0.15) is 17.7 Å². The largest absolute Gasteiger partial charge is 0.442 e. The van der Waals surface area contributed by atoms with E-state index in [0.717, 1.165) is 0 Å². The van der Waals surface area contributed by atoms with Crippen molar-refractivity contribution in [3.05, 3.63) is 42.3 Å². The van der Waals surface area contributed by atoms with E-state index in [9.17, 15) is 18.8 Å². The van der Waals surface area contributed by atoms with Gasteiger partial charge in [0.25, 0.3) is 0 Å². The molecule has 3 amide bonds. The van der Waals surface area contributed by atoms with Gasteiger partial charge in [-0.15, -0.1) is 0 Å². The molecule has 1 fully saturated rings. The smallest absolute Gasteiger partial charge is 0.414 e. The maximum absolute atomic E-state index is 14.7. The van der Waals surface area contributed by atoms with Gasteiger partial charge in [-0.2, -0.15) is 0 Å². The molecule has 0 unspecified atom stereocenters. The lowest BCUT2D eigenvalue weighted by Crippen LogP contribution is -2.33. The van der Waals surface area contributed by atoms with Crippen molar-refractivity contribution >= 4 is 29.4 Å². The van der Waals surface area contributed by atoms with Crippen molar-refractivity contribution < 1.29 is 23.5 Å². The molecule has 0 radical (unpaired) electrons. The lowest BCUT2D eigenvalue weighted by Gasteiger charge is -2.14. The summed E-state index contributed by atoms with van der Waals surface area (Å²) in [7, 11) is 0. The molecule has 0 spiro atoms. The number of rotatable bonds is 6. The molecule has 1 saturated heterocycles. The molecular weight excluding hydrogens is 381 g/mol. The summed E-state index contributed by atoms with van der Waals surface area (Å²) >= 11 is 0. The van der Waals surface area contributed by atoms with Crippen molar-refractivity contribution in [2.45, 2.75) is 13.0 Å². The van der Waals surface area contributed by atoms with E-state index in [1.165, 1.54) is 30.2 Å². The van der Waals surface area contributed by atoms with Crippen molar-refractivity contribution in [1.29, 1.82) is 0 Å². The highest BCUT2D eigenvalue weighted by Crippen LogP contribution is 2.29. The number of pyridine rings is 1. The Hall–Kier alpha value is -3.53. The summed E-state index contributed by atoms with van der Waals surface area (Å²) in [5, 5.41) is 5.09. The van der Waals surface area contributed by atoms with Gasteiger partial charge in [-0.1, -0.05) is 0 Å². The zero-order valence-corrected chi connectivity index (χ0v) is 15.6. The number of carbonyl (C=O) groups is 3. The Morgan fingerprint density at radius 1 is 1.34 bits per heavy atom. The maximum atomic E-state index is 14.7. The van der Waals surface area contributed by atoms with E-state index in [2.05, 4.69) is 15.6 Å². The van der Waals surface area contributed by atoms with E-state index in [4.69, 9.17) is 10.5 Å². The van der Waals surface area contributed by atoms with Crippen LogP contribution in [0.3, 0.4) is 0 Å². The molecule has 1 aliphatic rings. The highest BCUT2D eigenvalue weighted by molar-refractivity contribution is 5.91. The predicted octanol–water partition coefficient (Wildman–Crippen LogP) is 1.25. The third-order valence-corrected chi connectivity index (χ3v) is 4.24. The van der Waals surface area contributed by atoms with Gasteiger partial charge in [0, 0.05) is 24.2 Å². The zero-order chi connectivity index (χ0) is 21.0. The minimum atomic E-state index is -0.603. The first kappa shape index (κ1) is 20.2. The minimum absolute atomic E-state index is 0.163. The van der Waals surface area contributed by atoms with Crippen LogP contribution >= 0.6 is 0 Å². The Morgan fingerprint density at radius 3 is 2.76 bits per heavy atom. The summed E-state index contributed by atoms with van der Waals surface area (Å²) in [5.41, 5.74) is 6.38. The highest BCUT2D eigenvalue weighted by atomic mass is 19.1. The van der Waals surface area contributed by atoms with E-state index >= 15 is 0 Å². The molecule has 152 valence electrons. The van der Waals surface area contributed by atoms with Crippen LogP contribution in [0.2, 0.25) is 0 Å². The Labute approximate surface area is 166 Å². The first-order valence-corrected chi connectivity index (χ1v) is 8.86. The number of benzene rings is 1. The van der Waals surface area contributed by atoms with Gasteiger partial charge in [0.2, 0.25) is 11.8 Å². The summed E-state index contributed by atoms with van der Waals surface area (Å²) in [5.74, 6) is -0.834. The predicted molar refractivity (Wildman–Crippen MR) is 104 cm³/mol. The molecule has 1 aromatic heterocycles. The first-order chi connectivity index (χ1) is 13.9. The molecule has 1 aromatic carbocycles. The normalized spacial score (nSPS) is 15.8. The van der Waals surface area contributed by atoms with Crippen LogP contribution in [0.4, 0.5) is 20.7 Å². The number of halogens is 1. The molecule has 1 atom stereocenters. The van der Waals surface area contributed by atoms with Crippen molar-refractivity contribution in [3.63, 3.8) is 0 Å². The van der Waals surface area contributed by atoms with Crippen LogP contribution in [0.25, 0.3) is 11.1 Å². The average molecular weight is 401 g/mol. The van der Waals surface area contributed by atoms with E-state index in [-0.39, 0.29) is 31.4 Å². The molecule has 29 heavy (non-hydrogen) atoms. The Kier molecular flexibility index (Phi) is 6.03. The molecule has 0 aliphatic carbocycles. The molecular formula is C19H20FN5O4. The molecule has 1 aliphatic heterocycles. The summed E-state index contributed by atoms with van der Waals surface area (Å²) < 4.78 is 19.9. The molecule has 4 N–H and O–H groups in total. The second-order valence-electron chi connectivity index (χ2n) is 6.40. The van der Waals surface area contributed by atoms with Gasteiger partial charge in [0.05, 0.1) is 25.3 Å². The number of nitrogens with two attached hydrogens (primary N) is 1. The fourth-order valence-corrected chi connectivity index (χ4v) is 2.82. The molecule has 10 heteroatoms. The molecule has 0 saturated carbocycles. The Balaban J connectivity index is 1.72. The number of carbonyl (C=O) groups excluding carboxylic acids is 3. The Morgan fingerprint density at radius 2 is 2.14 bits per heavy atom. The van der Waals surface area contributed by atoms with E-state index in [1.54, 1.807) is 18.2 Å². The number of hydrogen-bond acceptors (Lipinski definition) is 6. The molecule has 2 aromatic rings. The molecule has 3 rings (SSSR count). The third-order valence-electron chi connectivity index (χ3n) is 4.24. The fraction of sp³-hybridized carbons (Fsp3) is 0.263. The average Bonchev–Trinajstić information content (AvgIpc) is 3.07. The van der Waals surface area contributed by atoms with Crippen molar-refractivity contribution in [2.24, 2.45) is 5.73 Å². The highest BCUT2D eigenvalue weighted by Gasteiger charge is 2.32. The van der Waals surface area contributed by atoms with Gasteiger partial charge in [-0.05, 0) is 30.3 Å². The second kappa shape index (κ2) is 8.65. The number of anilines is 2. The molecule has 0 bridgehead atoms. The lowest BCUT2D eigenvalue weighted by atomic mass is 10.1. The summed E-state index contributed by atoms with van der Waals surface area (Å²) in [4.78, 5) is 39.7. The topological polar surface area (TPSA) is 127 Å². The molecule has 2 heterocycles. The van der Waals surface area contributed by atoms with E-state index < -0.39 is 18.0 Å². The van der Waals surface area contributed by atoms with Crippen LogP contribution in [-0.2, 0) is 14.3 Å².